The number of nitrogens with two attached hydrogens (primary N) is 1. The summed E-state index contributed by atoms with van der Waals surface area (Å²) in [5, 5.41) is 1.79. The van der Waals surface area contributed by atoms with Crippen LogP contribution in [0.5, 0.6) is 0 Å². The van der Waals surface area contributed by atoms with E-state index in [0.29, 0.717) is 5.02 Å². The van der Waals surface area contributed by atoms with Crippen molar-refractivity contribution in [1.82, 2.24) is 4.98 Å². The lowest BCUT2D eigenvalue weighted by molar-refractivity contribution is 0.877. The second-order valence-electron chi connectivity index (χ2n) is 4.46. The summed E-state index contributed by atoms with van der Waals surface area (Å²) in [6, 6.07) is 17.4. The smallest absolute Gasteiger partial charge is 0.0753 e. The molecular formula is C16H13ClN2. The SMILES string of the molecule is NC(c1cccc(Cl)c1)c1cccc2cccnc12. The number of halogens is 1. The van der Waals surface area contributed by atoms with Gasteiger partial charge in [0.1, 0.15) is 0 Å². The predicted octanol–water partition coefficient (Wildman–Crippen LogP) is 3.94. The fraction of sp³-hybridized carbons (Fsp3) is 0.0625. The Morgan fingerprint density at radius 3 is 2.63 bits per heavy atom. The Labute approximate surface area is 116 Å². The van der Waals surface area contributed by atoms with Gasteiger partial charge in [-0.25, -0.2) is 0 Å². The molecule has 1 atom stereocenters. The number of hydrogen-bond donors (Lipinski definition) is 1. The molecular weight excluding hydrogens is 256 g/mol. The van der Waals surface area contributed by atoms with E-state index < -0.39 is 0 Å². The molecule has 0 aliphatic rings. The molecule has 3 aromatic rings. The highest BCUT2D eigenvalue weighted by molar-refractivity contribution is 6.30. The van der Waals surface area contributed by atoms with Gasteiger partial charge in [0.2, 0.25) is 0 Å². The highest BCUT2D eigenvalue weighted by Gasteiger charge is 2.12. The Balaban J connectivity index is 2.14. The summed E-state index contributed by atoms with van der Waals surface area (Å²) in [5.74, 6) is 0. The third-order valence-electron chi connectivity index (χ3n) is 3.21. The van der Waals surface area contributed by atoms with Crippen LogP contribution in [0.3, 0.4) is 0 Å². The third-order valence-corrected chi connectivity index (χ3v) is 3.44. The predicted molar refractivity (Wildman–Crippen MR) is 79.2 cm³/mol. The van der Waals surface area contributed by atoms with Crippen molar-refractivity contribution < 1.29 is 0 Å². The van der Waals surface area contributed by atoms with Gasteiger partial charge < -0.3 is 5.73 Å². The first kappa shape index (κ1) is 12.2. The minimum Gasteiger partial charge on any atom is -0.320 e. The normalized spacial score (nSPS) is 12.5. The van der Waals surface area contributed by atoms with Gasteiger partial charge in [0.25, 0.3) is 0 Å². The van der Waals surface area contributed by atoms with E-state index in [1.165, 1.54) is 0 Å². The monoisotopic (exact) mass is 268 g/mol. The Bertz CT molecular complexity index is 719. The van der Waals surface area contributed by atoms with Crippen molar-refractivity contribution in [1.29, 1.82) is 0 Å². The van der Waals surface area contributed by atoms with Crippen LogP contribution >= 0.6 is 11.6 Å². The van der Waals surface area contributed by atoms with Gasteiger partial charge in [-0.05, 0) is 29.3 Å². The van der Waals surface area contributed by atoms with Crippen molar-refractivity contribution in [2.75, 3.05) is 0 Å². The maximum atomic E-state index is 6.35. The highest BCUT2D eigenvalue weighted by atomic mass is 35.5. The van der Waals surface area contributed by atoms with Crippen molar-refractivity contribution in [3.63, 3.8) is 0 Å². The molecule has 19 heavy (non-hydrogen) atoms. The largest absolute Gasteiger partial charge is 0.320 e. The Morgan fingerprint density at radius 1 is 1.00 bits per heavy atom. The number of benzene rings is 2. The molecule has 1 aromatic heterocycles. The molecule has 0 saturated carbocycles. The molecule has 3 rings (SSSR count). The first-order valence-electron chi connectivity index (χ1n) is 6.10. The minimum absolute atomic E-state index is 0.225. The zero-order chi connectivity index (χ0) is 13.2. The zero-order valence-electron chi connectivity index (χ0n) is 10.3. The van der Waals surface area contributed by atoms with Crippen molar-refractivity contribution >= 4 is 22.5 Å². The first-order valence-corrected chi connectivity index (χ1v) is 6.48. The van der Waals surface area contributed by atoms with Crippen molar-refractivity contribution in [3.05, 3.63) is 76.9 Å². The summed E-state index contributed by atoms with van der Waals surface area (Å²) >= 11 is 6.02. The number of fused-ring (bicyclic) bond motifs is 1. The third kappa shape index (κ3) is 2.33. The average Bonchev–Trinajstić information content (AvgIpc) is 2.46. The number of nitrogens with zero attached hydrogens (tertiary/aromatic N) is 1. The van der Waals surface area contributed by atoms with Crippen molar-refractivity contribution in [2.24, 2.45) is 5.73 Å². The molecule has 1 heterocycles. The molecule has 0 bridgehead atoms. The van der Waals surface area contributed by atoms with Crippen LogP contribution in [0.4, 0.5) is 0 Å². The fourth-order valence-corrected chi connectivity index (χ4v) is 2.46. The second-order valence-corrected chi connectivity index (χ2v) is 4.89. The van der Waals surface area contributed by atoms with Crippen LogP contribution < -0.4 is 5.73 Å². The number of hydrogen-bond acceptors (Lipinski definition) is 2. The minimum atomic E-state index is -0.225. The molecule has 2 nitrogen and oxygen atoms in total. The van der Waals surface area contributed by atoms with Crippen LogP contribution in [-0.4, -0.2) is 4.98 Å². The number of aromatic nitrogens is 1. The van der Waals surface area contributed by atoms with E-state index in [4.69, 9.17) is 17.3 Å². The van der Waals surface area contributed by atoms with Crippen LogP contribution in [0.25, 0.3) is 10.9 Å². The molecule has 2 aromatic carbocycles. The van der Waals surface area contributed by atoms with Gasteiger partial charge in [0.05, 0.1) is 11.6 Å². The Kier molecular flexibility index (Phi) is 3.20. The van der Waals surface area contributed by atoms with E-state index in [2.05, 4.69) is 4.98 Å². The molecule has 1 unspecified atom stereocenters. The average molecular weight is 269 g/mol. The van der Waals surface area contributed by atoms with Crippen LogP contribution in [0.1, 0.15) is 17.2 Å². The van der Waals surface area contributed by atoms with Crippen LogP contribution in [0.15, 0.2) is 60.8 Å². The standard InChI is InChI=1S/C16H13ClN2/c17-13-7-1-5-12(10-13)15(18)14-8-2-4-11-6-3-9-19-16(11)14/h1-10,15H,18H2. The lowest BCUT2D eigenvalue weighted by Crippen LogP contribution is -2.12. The summed E-state index contributed by atoms with van der Waals surface area (Å²) in [4.78, 5) is 4.44. The van der Waals surface area contributed by atoms with Gasteiger partial charge in [-0.15, -0.1) is 0 Å². The molecule has 0 spiro atoms. The lowest BCUT2D eigenvalue weighted by atomic mass is 9.97. The fourth-order valence-electron chi connectivity index (χ4n) is 2.26. The van der Waals surface area contributed by atoms with E-state index in [9.17, 15) is 0 Å². The Morgan fingerprint density at radius 2 is 1.79 bits per heavy atom. The van der Waals surface area contributed by atoms with Crippen LogP contribution in [0, 0.1) is 0 Å². The van der Waals surface area contributed by atoms with E-state index >= 15 is 0 Å². The molecule has 3 heteroatoms. The van der Waals surface area contributed by atoms with E-state index in [1.54, 1.807) is 6.20 Å². The van der Waals surface area contributed by atoms with Crippen LogP contribution in [0.2, 0.25) is 5.02 Å². The number of para-hydroxylation sites is 1. The van der Waals surface area contributed by atoms with E-state index in [1.807, 2.05) is 54.6 Å². The van der Waals surface area contributed by atoms with Crippen molar-refractivity contribution in [3.8, 4) is 0 Å². The summed E-state index contributed by atoms with van der Waals surface area (Å²) in [6.45, 7) is 0. The highest BCUT2D eigenvalue weighted by Crippen LogP contribution is 2.27. The summed E-state index contributed by atoms with van der Waals surface area (Å²) in [6.07, 6.45) is 1.79. The first-order chi connectivity index (χ1) is 9.25. The lowest BCUT2D eigenvalue weighted by Gasteiger charge is -2.14. The van der Waals surface area contributed by atoms with Gasteiger partial charge >= 0.3 is 0 Å². The maximum Gasteiger partial charge on any atom is 0.0753 e. The number of rotatable bonds is 2. The van der Waals surface area contributed by atoms with Gasteiger partial charge in [0.15, 0.2) is 0 Å². The van der Waals surface area contributed by atoms with Crippen molar-refractivity contribution in [2.45, 2.75) is 6.04 Å². The van der Waals surface area contributed by atoms with Gasteiger partial charge in [0, 0.05) is 16.6 Å². The molecule has 94 valence electrons. The molecule has 0 aliphatic heterocycles. The number of pyridine rings is 1. The van der Waals surface area contributed by atoms with E-state index in [-0.39, 0.29) is 6.04 Å². The molecule has 0 radical (unpaired) electrons. The van der Waals surface area contributed by atoms with E-state index in [0.717, 1.165) is 22.0 Å². The van der Waals surface area contributed by atoms with Gasteiger partial charge in [-0.2, -0.15) is 0 Å². The topological polar surface area (TPSA) is 38.9 Å². The quantitative estimate of drug-likeness (QED) is 0.765. The summed E-state index contributed by atoms with van der Waals surface area (Å²) < 4.78 is 0. The summed E-state index contributed by atoms with van der Waals surface area (Å²) in [7, 11) is 0. The zero-order valence-corrected chi connectivity index (χ0v) is 11.0. The van der Waals surface area contributed by atoms with Gasteiger partial charge in [-0.3, -0.25) is 4.98 Å². The van der Waals surface area contributed by atoms with Crippen LogP contribution in [-0.2, 0) is 0 Å². The van der Waals surface area contributed by atoms with Gasteiger partial charge in [-0.1, -0.05) is 48.0 Å². The molecule has 2 N–H and O–H groups in total. The Hall–Kier alpha value is -1.90. The molecule has 0 saturated heterocycles. The molecule has 0 aliphatic carbocycles. The molecule has 0 fully saturated rings. The molecule has 0 amide bonds. The second kappa shape index (κ2) is 5.00. The summed E-state index contributed by atoms with van der Waals surface area (Å²) in [5.41, 5.74) is 9.30. The maximum absolute atomic E-state index is 6.35.